The summed E-state index contributed by atoms with van der Waals surface area (Å²) < 4.78 is 1.12. The quantitative estimate of drug-likeness (QED) is 0.813. The molecule has 1 rings (SSSR count). The maximum Gasteiger partial charge on any atom is 0.0263 e. The van der Waals surface area contributed by atoms with Crippen molar-refractivity contribution in [3.63, 3.8) is 0 Å². The number of hydrogen-bond donors (Lipinski definition) is 1. The second-order valence-electron chi connectivity index (χ2n) is 3.93. The molecule has 0 aliphatic carbocycles. The molecule has 2 atom stereocenters. The highest BCUT2D eigenvalue weighted by Gasteiger charge is 2.09. The van der Waals surface area contributed by atoms with E-state index in [4.69, 9.17) is 11.6 Å². The fraction of sp³-hybridized carbons (Fsp3) is 0.500. The first-order chi connectivity index (χ1) is 7.13. The smallest absolute Gasteiger partial charge is 0.0263 e. The fourth-order valence-corrected chi connectivity index (χ4v) is 1.75. The van der Waals surface area contributed by atoms with Gasteiger partial charge < -0.3 is 5.32 Å². The lowest BCUT2D eigenvalue weighted by Crippen LogP contribution is -2.32. The van der Waals surface area contributed by atoms with Crippen LogP contribution in [-0.4, -0.2) is 11.9 Å². The van der Waals surface area contributed by atoms with Crippen molar-refractivity contribution >= 4 is 27.5 Å². The summed E-state index contributed by atoms with van der Waals surface area (Å²) in [7, 11) is 0. The summed E-state index contributed by atoms with van der Waals surface area (Å²) in [5, 5.41) is 3.47. The fourth-order valence-electron chi connectivity index (χ4n) is 1.22. The topological polar surface area (TPSA) is 12.0 Å². The van der Waals surface area contributed by atoms with Gasteiger partial charge in [0.15, 0.2) is 0 Å². The standard InChI is InChI=1S/C12H17BrClN/c1-9(7-14)10(2)15-8-11-3-5-12(13)6-4-11/h3-6,9-10,15H,7-8H2,1-2H3. The molecule has 0 fully saturated rings. The molecule has 0 spiro atoms. The van der Waals surface area contributed by atoms with Gasteiger partial charge in [0.05, 0.1) is 0 Å². The lowest BCUT2D eigenvalue weighted by molar-refractivity contribution is 0.430. The monoisotopic (exact) mass is 289 g/mol. The summed E-state index contributed by atoms with van der Waals surface area (Å²) in [6.07, 6.45) is 0. The Labute approximate surface area is 105 Å². The number of nitrogens with one attached hydrogen (secondary N) is 1. The van der Waals surface area contributed by atoms with Crippen molar-refractivity contribution in [3.8, 4) is 0 Å². The first kappa shape index (κ1) is 13.0. The van der Waals surface area contributed by atoms with Crippen LogP contribution in [-0.2, 0) is 6.54 Å². The van der Waals surface area contributed by atoms with Crippen LogP contribution >= 0.6 is 27.5 Å². The molecule has 2 unspecified atom stereocenters. The van der Waals surface area contributed by atoms with Crippen LogP contribution < -0.4 is 5.32 Å². The van der Waals surface area contributed by atoms with Crippen LogP contribution in [0.3, 0.4) is 0 Å². The van der Waals surface area contributed by atoms with Crippen LogP contribution in [0.15, 0.2) is 28.7 Å². The normalized spacial score (nSPS) is 14.9. The van der Waals surface area contributed by atoms with Gasteiger partial charge in [-0.1, -0.05) is 35.0 Å². The zero-order chi connectivity index (χ0) is 11.3. The van der Waals surface area contributed by atoms with E-state index in [1.807, 2.05) is 0 Å². The Balaban J connectivity index is 2.40. The van der Waals surface area contributed by atoms with E-state index < -0.39 is 0 Å². The molecule has 1 aromatic carbocycles. The maximum absolute atomic E-state index is 5.80. The molecule has 0 radical (unpaired) electrons. The number of halogens is 2. The number of hydrogen-bond acceptors (Lipinski definition) is 1. The second kappa shape index (κ2) is 6.51. The Bertz CT molecular complexity index is 286. The van der Waals surface area contributed by atoms with E-state index in [9.17, 15) is 0 Å². The molecular weight excluding hydrogens is 273 g/mol. The Morgan fingerprint density at radius 1 is 1.27 bits per heavy atom. The van der Waals surface area contributed by atoms with Crippen molar-refractivity contribution < 1.29 is 0 Å². The molecule has 1 N–H and O–H groups in total. The third-order valence-corrected chi connectivity index (χ3v) is 3.65. The van der Waals surface area contributed by atoms with Crippen molar-refractivity contribution in [1.82, 2.24) is 5.32 Å². The summed E-state index contributed by atoms with van der Waals surface area (Å²) in [6.45, 7) is 5.23. The van der Waals surface area contributed by atoms with Crippen molar-refractivity contribution in [2.24, 2.45) is 5.92 Å². The van der Waals surface area contributed by atoms with E-state index >= 15 is 0 Å². The Kier molecular flexibility index (Phi) is 5.65. The van der Waals surface area contributed by atoms with Gasteiger partial charge in [-0.3, -0.25) is 0 Å². The predicted molar refractivity (Wildman–Crippen MR) is 70.3 cm³/mol. The van der Waals surface area contributed by atoms with Gasteiger partial charge in [-0.2, -0.15) is 0 Å². The minimum atomic E-state index is 0.450. The number of alkyl halides is 1. The third kappa shape index (κ3) is 4.54. The molecule has 0 aliphatic rings. The minimum Gasteiger partial charge on any atom is -0.310 e. The lowest BCUT2D eigenvalue weighted by Gasteiger charge is -2.19. The van der Waals surface area contributed by atoms with Gasteiger partial charge in [0.2, 0.25) is 0 Å². The average molecular weight is 291 g/mol. The zero-order valence-electron chi connectivity index (χ0n) is 9.13. The zero-order valence-corrected chi connectivity index (χ0v) is 11.5. The molecule has 0 amide bonds. The van der Waals surface area contributed by atoms with E-state index in [0.717, 1.165) is 11.0 Å². The van der Waals surface area contributed by atoms with Crippen LogP contribution in [0.5, 0.6) is 0 Å². The van der Waals surface area contributed by atoms with Crippen LogP contribution in [0.4, 0.5) is 0 Å². The van der Waals surface area contributed by atoms with Crippen LogP contribution in [0.25, 0.3) is 0 Å². The first-order valence-electron chi connectivity index (χ1n) is 5.17. The molecule has 1 aromatic rings. The molecule has 15 heavy (non-hydrogen) atoms. The first-order valence-corrected chi connectivity index (χ1v) is 6.50. The summed E-state index contributed by atoms with van der Waals surface area (Å²) in [5.41, 5.74) is 1.30. The lowest BCUT2D eigenvalue weighted by atomic mass is 10.1. The van der Waals surface area contributed by atoms with Gasteiger partial charge in [-0.25, -0.2) is 0 Å². The Morgan fingerprint density at radius 3 is 2.40 bits per heavy atom. The van der Waals surface area contributed by atoms with Gasteiger partial charge >= 0.3 is 0 Å². The van der Waals surface area contributed by atoms with E-state index in [1.165, 1.54) is 5.56 Å². The minimum absolute atomic E-state index is 0.450. The SMILES string of the molecule is CC(CCl)C(C)NCc1ccc(Br)cc1. The molecule has 0 heterocycles. The van der Waals surface area contributed by atoms with E-state index in [1.54, 1.807) is 0 Å². The largest absolute Gasteiger partial charge is 0.310 e. The van der Waals surface area contributed by atoms with Crippen LogP contribution in [0.2, 0.25) is 0 Å². The molecule has 0 aromatic heterocycles. The van der Waals surface area contributed by atoms with Gasteiger partial charge in [0.25, 0.3) is 0 Å². The molecule has 1 nitrogen and oxygen atoms in total. The van der Waals surface area contributed by atoms with Crippen molar-refractivity contribution in [2.75, 3.05) is 5.88 Å². The Morgan fingerprint density at radius 2 is 1.87 bits per heavy atom. The number of benzene rings is 1. The molecule has 0 bridgehead atoms. The molecule has 0 saturated heterocycles. The third-order valence-electron chi connectivity index (χ3n) is 2.64. The summed E-state index contributed by atoms with van der Waals surface area (Å²) >= 11 is 9.23. The molecular formula is C12H17BrClN. The van der Waals surface area contributed by atoms with Crippen molar-refractivity contribution in [3.05, 3.63) is 34.3 Å². The highest BCUT2D eigenvalue weighted by Crippen LogP contribution is 2.11. The van der Waals surface area contributed by atoms with Crippen molar-refractivity contribution in [2.45, 2.75) is 26.4 Å². The second-order valence-corrected chi connectivity index (χ2v) is 5.15. The van der Waals surface area contributed by atoms with Gasteiger partial charge in [-0.15, -0.1) is 11.6 Å². The maximum atomic E-state index is 5.80. The van der Waals surface area contributed by atoms with E-state index in [2.05, 4.69) is 59.4 Å². The molecule has 3 heteroatoms. The van der Waals surface area contributed by atoms with E-state index in [0.29, 0.717) is 17.8 Å². The van der Waals surface area contributed by atoms with Crippen molar-refractivity contribution in [1.29, 1.82) is 0 Å². The summed E-state index contributed by atoms with van der Waals surface area (Å²) in [4.78, 5) is 0. The van der Waals surface area contributed by atoms with Gasteiger partial charge in [0, 0.05) is 22.9 Å². The highest BCUT2D eigenvalue weighted by atomic mass is 79.9. The van der Waals surface area contributed by atoms with Gasteiger partial charge in [-0.05, 0) is 30.5 Å². The molecule has 0 aliphatic heterocycles. The summed E-state index contributed by atoms with van der Waals surface area (Å²) in [5.74, 6) is 1.20. The van der Waals surface area contributed by atoms with Crippen LogP contribution in [0.1, 0.15) is 19.4 Å². The molecule has 0 saturated carbocycles. The average Bonchev–Trinajstić information content (AvgIpc) is 2.26. The predicted octanol–water partition coefficient (Wildman–Crippen LogP) is 3.80. The van der Waals surface area contributed by atoms with Gasteiger partial charge in [0.1, 0.15) is 0 Å². The number of rotatable bonds is 5. The summed E-state index contributed by atoms with van der Waals surface area (Å²) in [6, 6.07) is 8.81. The highest BCUT2D eigenvalue weighted by molar-refractivity contribution is 9.10. The van der Waals surface area contributed by atoms with Crippen LogP contribution in [0, 0.1) is 5.92 Å². The van der Waals surface area contributed by atoms with E-state index in [-0.39, 0.29) is 0 Å². The Hall–Kier alpha value is -0.0500. The molecule has 84 valence electrons.